The van der Waals surface area contributed by atoms with E-state index in [1.54, 1.807) is 4.52 Å². The van der Waals surface area contributed by atoms with Crippen LogP contribution in [-0.4, -0.2) is 93.5 Å². The van der Waals surface area contributed by atoms with E-state index in [2.05, 4.69) is 26.9 Å². The van der Waals surface area contributed by atoms with E-state index in [1.807, 2.05) is 18.7 Å². The lowest BCUT2D eigenvalue weighted by Gasteiger charge is -2.42. The minimum atomic E-state index is -0.539. The number of amides is 2. The fourth-order valence-corrected chi connectivity index (χ4v) is 5.01. The molecule has 2 aliphatic heterocycles. The van der Waals surface area contributed by atoms with Crippen LogP contribution in [0.25, 0.3) is 5.65 Å². The van der Waals surface area contributed by atoms with Crippen molar-refractivity contribution in [3.63, 3.8) is 0 Å². The molecule has 2 N–H and O–H groups in total. The Morgan fingerprint density at radius 3 is 2.58 bits per heavy atom. The van der Waals surface area contributed by atoms with E-state index in [-0.39, 0.29) is 5.91 Å². The zero-order chi connectivity index (χ0) is 22.1. The molecule has 0 aromatic carbocycles. The molecular formula is C22H33N7O2. The molecule has 2 aromatic rings. The summed E-state index contributed by atoms with van der Waals surface area (Å²) >= 11 is 0. The molecule has 2 amide bonds. The van der Waals surface area contributed by atoms with Crippen molar-refractivity contribution in [1.82, 2.24) is 29.3 Å². The van der Waals surface area contributed by atoms with Gasteiger partial charge in [0.2, 0.25) is 5.91 Å². The predicted octanol–water partition coefficient (Wildman–Crippen LogP) is 0.616. The third-order valence-corrected chi connectivity index (χ3v) is 6.85. The molecular weight excluding hydrogens is 394 g/mol. The van der Waals surface area contributed by atoms with Crippen molar-refractivity contribution in [3.05, 3.63) is 28.7 Å². The fraction of sp³-hybridized carbons (Fsp3) is 0.636. The van der Waals surface area contributed by atoms with Gasteiger partial charge in [-0.2, -0.15) is 5.10 Å². The highest BCUT2D eigenvalue weighted by atomic mass is 16.2. The standard InChI is InChI=1S/C22H33N7O2/c1-15-18(16(2)29-22(25-15)19(13-24-29)21(23)31)6-7-20(30)28-11-9-27(10-12-28)17-5-4-8-26(3)14-17/h13,17H,4-12,14H2,1-3H3,(H2,23,31). The second-order valence-corrected chi connectivity index (χ2v) is 8.89. The molecule has 0 bridgehead atoms. The van der Waals surface area contributed by atoms with Crippen LogP contribution in [0.4, 0.5) is 0 Å². The van der Waals surface area contributed by atoms with Gasteiger partial charge in [0.25, 0.3) is 5.91 Å². The first-order chi connectivity index (χ1) is 14.8. The third-order valence-electron chi connectivity index (χ3n) is 6.85. The van der Waals surface area contributed by atoms with Gasteiger partial charge in [-0.3, -0.25) is 14.5 Å². The molecule has 168 valence electrons. The van der Waals surface area contributed by atoms with Crippen LogP contribution in [0, 0.1) is 13.8 Å². The predicted molar refractivity (Wildman–Crippen MR) is 118 cm³/mol. The Balaban J connectivity index is 1.36. The van der Waals surface area contributed by atoms with Gasteiger partial charge in [-0.1, -0.05) is 0 Å². The lowest BCUT2D eigenvalue weighted by molar-refractivity contribution is -0.133. The molecule has 4 heterocycles. The number of primary amides is 1. The highest BCUT2D eigenvalue weighted by Crippen LogP contribution is 2.20. The Bertz CT molecular complexity index is 978. The quantitative estimate of drug-likeness (QED) is 0.751. The van der Waals surface area contributed by atoms with Crippen LogP contribution in [0.5, 0.6) is 0 Å². The Morgan fingerprint density at radius 1 is 1.16 bits per heavy atom. The minimum Gasteiger partial charge on any atom is -0.365 e. The molecule has 0 saturated carbocycles. The van der Waals surface area contributed by atoms with Crippen LogP contribution in [0.15, 0.2) is 6.20 Å². The zero-order valence-electron chi connectivity index (χ0n) is 18.8. The summed E-state index contributed by atoms with van der Waals surface area (Å²) in [6.45, 7) is 9.69. The second kappa shape index (κ2) is 8.92. The Morgan fingerprint density at radius 2 is 1.90 bits per heavy atom. The minimum absolute atomic E-state index is 0.192. The van der Waals surface area contributed by atoms with Crippen molar-refractivity contribution in [3.8, 4) is 0 Å². The number of piperidine rings is 1. The largest absolute Gasteiger partial charge is 0.365 e. The number of aromatic nitrogens is 3. The number of fused-ring (bicyclic) bond motifs is 1. The summed E-state index contributed by atoms with van der Waals surface area (Å²) in [6, 6.07) is 0.624. The first-order valence-corrected chi connectivity index (χ1v) is 11.2. The summed E-state index contributed by atoms with van der Waals surface area (Å²) in [4.78, 5) is 36.0. The van der Waals surface area contributed by atoms with Crippen LogP contribution in [0.2, 0.25) is 0 Å². The summed E-state index contributed by atoms with van der Waals surface area (Å²) in [5, 5.41) is 4.27. The van der Waals surface area contributed by atoms with Crippen LogP contribution in [0.3, 0.4) is 0 Å². The summed E-state index contributed by atoms with van der Waals surface area (Å²) in [6.07, 6.45) is 5.03. The number of hydrogen-bond donors (Lipinski definition) is 1. The van der Waals surface area contributed by atoms with Gasteiger partial charge in [-0.15, -0.1) is 0 Å². The van der Waals surface area contributed by atoms with Gasteiger partial charge in [0, 0.05) is 56.6 Å². The maximum atomic E-state index is 12.9. The van der Waals surface area contributed by atoms with Crippen molar-refractivity contribution in [1.29, 1.82) is 0 Å². The molecule has 4 rings (SSSR count). The topological polar surface area (TPSA) is 100 Å². The van der Waals surface area contributed by atoms with E-state index in [1.165, 1.54) is 25.6 Å². The molecule has 2 aromatic heterocycles. The van der Waals surface area contributed by atoms with E-state index in [9.17, 15) is 9.59 Å². The molecule has 0 aliphatic carbocycles. The van der Waals surface area contributed by atoms with Crippen molar-refractivity contribution in [2.75, 3.05) is 46.3 Å². The van der Waals surface area contributed by atoms with Gasteiger partial charge in [0.15, 0.2) is 5.65 Å². The number of hydrogen-bond acceptors (Lipinski definition) is 6. The summed E-state index contributed by atoms with van der Waals surface area (Å²) in [7, 11) is 2.19. The highest BCUT2D eigenvalue weighted by molar-refractivity contribution is 5.98. The maximum absolute atomic E-state index is 12.9. The third kappa shape index (κ3) is 4.43. The van der Waals surface area contributed by atoms with E-state index in [0.717, 1.165) is 49.7 Å². The van der Waals surface area contributed by atoms with Crippen molar-refractivity contribution >= 4 is 17.5 Å². The van der Waals surface area contributed by atoms with Gasteiger partial charge >= 0.3 is 0 Å². The molecule has 0 radical (unpaired) electrons. The lowest BCUT2D eigenvalue weighted by Crippen LogP contribution is -2.55. The Hall–Kier alpha value is -2.52. The molecule has 1 unspecified atom stereocenters. The number of rotatable bonds is 5. The van der Waals surface area contributed by atoms with Crippen molar-refractivity contribution in [2.45, 2.75) is 45.6 Å². The zero-order valence-corrected chi connectivity index (χ0v) is 18.8. The number of carbonyl (C=O) groups excluding carboxylic acids is 2. The average molecular weight is 428 g/mol. The normalized spacial score (nSPS) is 21.0. The van der Waals surface area contributed by atoms with E-state index < -0.39 is 5.91 Å². The number of likely N-dealkylation sites (N-methyl/N-ethyl adjacent to an activating group) is 1. The molecule has 9 nitrogen and oxygen atoms in total. The molecule has 2 fully saturated rings. The fourth-order valence-electron chi connectivity index (χ4n) is 5.01. The van der Waals surface area contributed by atoms with Gasteiger partial charge in [0.05, 0.1) is 6.20 Å². The van der Waals surface area contributed by atoms with Crippen molar-refractivity contribution in [2.24, 2.45) is 5.73 Å². The Kier molecular flexibility index (Phi) is 6.24. The first-order valence-electron chi connectivity index (χ1n) is 11.2. The van der Waals surface area contributed by atoms with Gasteiger partial charge in [-0.05, 0) is 52.3 Å². The van der Waals surface area contributed by atoms with Crippen LogP contribution >= 0.6 is 0 Å². The smallest absolute Gasteiger partial charge is 0.254 e. The number of nitrogens with zero attached hydrogens (tertiary/aromatic N) is 6. The lowest BCUT2D eigenvalue weighted by atomic mass is 10.0. The van der Waals surface area contributed by atoms with Crippen LogP contribution in [-0.2, 0) is 11.2 Å². The Labute approximate surface area is 183 Å². The first kappa shape index (κ1) is 21.7. The van der Waals surface area contributed by atoms with Crippen LogP contribution in [0.1, 0.15) is 46.6 Å². The molecule has 31 heavy (non-hydrogen) atoms. The van der Waals surface area contributed by atoms with E-state index >= 15 is 0 Å². The van der Waals surface area contributed by atoms with Gasteiger partial charge < -0.3 is 15.5 Å². The molecule has 9 heteroatoms. The molecule has 0 spiro atoms. The van der Waals surface area contributed by atoms with Gasteiger partial charge in [0.1, 0.15) is 5.56 Å². The number of likely N-dealkylation sites (tertiary alicyclic amines) is 1. The highest BCUT2D eigenvalue weighted by Gasteiger charge is 2.28. The maximum Gasteiger partial charge on any atom is 0.254 e. The van der Waals surface area contributed by atoms with Crippen LogP contribution < -0.4 is 5.73 Å². The van der Waals surface area contributed by atoms with E-state index in [0.29, 0.717) is 30.1 Å². The SMILES string of the molecule is Cc1nc2c(C(N)=O)cnn2c(C)c1CCC(=O)N1CCN(C2CCCN(C)C2)CC1. The number of aryl methyl sites for hydroxylation is 2. The summed E-state index contributed by atoms with van der Waals surface area (Å²) < 4.78 is 1.65. The van der Waals surface area contributed by atoms with E-state index in [4.69, 9.17) is 5.73 Å². The average Bonchev–Trinajstić information content (AvgIpc) is 3.18. The van der Waals surface area contributed by atoms with Gasteiger partial charge in [-0.25, -0.2) is 9.50 Å². The molecule has 2 saturated heterocycles. The monoisotopic (exact) mass is 427 g/mol. The summed E-state index contributed by atoms with van der Waals surface area (Å²) in [5.41, 5.74) is 8.92. The van der Waals surface area contributed by atoms with Crippen molar-refractivity contribution < 1.29 is 9.59 Å². The second-order valence-electron chi connectivity index (χ2n) is 8.89. The molecule has 1 atom stereocenters. The number of nitrogens with two attached hydrogens (primary N) is 1. The summed E-state index contributed by atoms with van der Waals surface area (Å²) in [5.74, 6) is -0.346. The number of piperazine rings is 1. The molecule has 2 aliphatic rings. The number of carbonyl (C=O) groups is 2.